The molecule has 1 aromatic rings. The zero-order valence-corrected chi connectivity index (χ0v) is 13.4. The maximum Gasteiger partial charge on any atom is 0.269 e. The first kappa shape index (κ1) is 16.3. The molecule has 0 spiro atoms. The van der Waals surface area contributed by atoms with Gasteiger partial charge in [-0.15, -0.1) is 0 Å². The average molecular weight is 314 g/mol. The fraction of sp³-hybridized carbons (Fsp3) is 0.600. The van der Waals surface area contributed by atoms with Gasteiger partial charge in [0.1, 0.15) is 11.5 Å². The molecule has 1 N–H and O–H groups in total. The van der Waals surface area contributed by atoms with Crippen molar-refractivity contribution in [3.05, 3.63) is 29.3 Å². The molecule has 1 atom stereocenters. The highest BCUT2D eigenvalue weighted by atomic mass is 32.2. The van der Waals surface area contributed by atoms with Gasteiger partial charge in [-0.3, -0.25) is 4.55 Å². The molecule has 6 heteroatoms. The van der Waals surface area contributed by atoms with Gasteiger partial charge in [-0.05, 0) is 31.4 Å². The van der Waals surface area contributed by atoms with Gasteiger partial charge >= 0.3 is 0 Å². The molecule has 0 aliphatic carbocycles. The summed E-state index contributed by atoms with van der Waals surface area (Å²) in [5.74, 6) is 0.347. The molecule has 2 rings (SSSR count). The Kier molecular flexibility index (Phi) is 4.60. The smallest absolute Gasteiger partial charge is 0.269 e. The van der Waals surface area contributed by atoms with Gasteiger partial charge in [0, 0.05) is 12.2 Å². The average Bonchev–Trinajstić information content (AvgIpc) is 2.71. The van der Waals surface area contributed by atoms with Gasteiger partial charge < -0.3 is 9.47 Å². The van der Waals surface area contributed by atoms with E-state index in [0.717, 1.165) is 24.2 Å². The maximum absolute atomic E-state index is 11.1. The van der Waals surface area contributed by atoms with Crippen molar-refractivity contribution in [3.63, 3.8) is 0 Å². The van der Waals surface area contributed by atoms with Crippen molar-refractivity contribution in [2.45, 2.75) is 51.1 Å². The van der Waals surface area contributed by atoms with Crippen molar-refractivity contribution in [3.8, 4) is 5.75 Å². The van der Waals surface area contributed by atoms with Crippen molar-refractivity contribution in [2.24, 2.45) is 0 Å². The van der Waals surface area contributed by atoms with Crippen LogP contribution in [0.4, 0.5) is 0 Å². The molecule has 1 heterocycles. The zero-order valence-electron chi connectivity index (χ0n) is 12.6. The van der Waals surface area contributed by atoms with Gasteiger partial charge in [0.2, 0.25) is 6.29 Å². The van der Waals surface area contributed by atoms with Gasteiger partial charge in [-0.2, -0.15) is 8.42 Å². The number of benzene rings is 1. The zero-order chi connectivity index (χ0) is 15.7. The normalized spacial score (nSPS) is 20.1. The van der Waals surface area contributed by atoms with Crippen molar-refractivity contribution in [2.75, 3.05) is 6.61 Å². The summed E-state index contributed by atoms with van der Waals surface area (Å²) in [5.41, 5.74) is 1.25. The molecule has 1 aliphatic rings. The number of ether oxygens (including phenoxy) is 2. The summed E-state index contributed by atoms with van der Waals surface area (Å²) in [5, 5.41) is 0. The molecule has 0 saturated carbocycles. The van der Waals surface area contributed by atoms with Crippen LogP contribution in [0.15, 0.2) is 18.2 Å². The summed E-state index contributed by atoms with van der Waals surface area (Å²) < 4.78 is 42.8. The van der Waals surface area contributed by atoms with Crippen LogP contribution in [-0.4, -0.2) is 25.9 Å². The van der Waals surface area contributed by atoms with Crippen molar-refractivity contribution in [1.82, 2.24) is 0 Å². The number of fused-ring (bicyclic) bond motifs is 1. The molecule has 1 aliphatic heterocycles. The molecule has 0 aromatic heterocycles. The maximum atomic E-state index is 11.1. The lowest BCUT2D eigenvalue weighted by Gasteiger charge is -2.31. The monoisotopic (exact) mass is 314 g/mol. The van der Waals surface area contributed by atoms with Gasteiger partial charge in [-0.25, -0.2) is 0 Å². The predicted octanol–water partition coefficient (Wildman–Crippen LogP) is 2.89. The second-order valence-corrected chi connectivity index (χ2v) is 6.78. The molecule has 0 amide bonds. The minimum absolute atomic E-state index is 0.277. The van der Waals surface area contributed by atoms with E-state index >= 15 is 0 Å². The van der Waals surface area contributed by atoms with E-state index in [9.17, 15) is 8.42 Å². The van der Waals surface area contributed by atoms with Crippen molar-refractivity contribution < 1.29 is 22.4 Å². The van der Waals surface area contributed by atoms with Crippen LogP contribution in [0.3, 0.4) is 0 Å². The van der Waals surface area contributed by atoms with E-state index in [4.69, 9.17) is 14.0 Å². The van der Waals surface area contributed by atoms with Crippen molar-refractivity contribution >= 4 is 10.1 Å². The molecule has 0 radical (unpaired) electrons. The highest BCUT2D eigenvalue weighted by molar-refractivity contribution is 7.85. The summed E-state index contributed by atoms with van der Waals surface area (Å²) in [6, 6.07) is 5.24. The first-order valence-electron chi connectivity index (χ1n) is 7.23. The van der Waals surface area contributed by atoms with Crippen LogP contribution in [0, 0.1) is 0 Å². The lowest BCUT2D eigenvalue weighted by molar-refractivity contribution is -0.109. The molecule has 118 valence electrons. The van der Waals surface area contributed by atoms with Crippen LogP contribution in [0.1, 0.15) is 44.7 Å². The number of rotatable bonds is 6. The van der Waals surface area contributed by atoms with E-state index < -0.39 is 10.1 Å². The SMILES string of the molecule is CCOC1Oc2ccc(CS(=O)(=O)O)cc2C1(CC)CC. The fourth-order valence-corrected chi connectivity index (χ4v) is 3.63. The Labute approximate surface area is 126 Å². The van der Waals surface area contributed by atoms with Crippen LogP contribution < -0.4 is 4.74 Å². The first-order chi connectivity index (χ1) is 9.86. The molecular weight excluding hydrogens is 292 g/mol. The lowest BCUT2D eigenvalue weighted by atomic mass is 9.76. The third kappa shape index (κ3) is 3.07. The molecule has 5 nitrogen and oxygen atoms in total. The van der Waals surface area contributed by atoms with Crippen LogP contribution in [0.2, 0.25) is 0 Å². The number of hydrogen-bond acceptors (Lipinski definition) is 4. The fourth-order valence-electron chi connectivity index (χ4n) is 3.03. The Hall–Kier alpha value is -1.11. The van der Waals surface area contributed by atoms with E-state index in [2.05, 4.69) is 13.8 Å². The summed E-state index contributed by atoms with van der Waals surface area (Å²) in [6.07, 6.45) is 1.31. The summed E-state index contributed by atoms with van der Waals surface area (Å²) >= 11 is 0. The van der Waals surface area contributed by atoms with Gasteiger partial charge in [-0.1, -0.05) is 26.0 Å². The topological polar surface area (TPSA) is 72.8 Å². The Bertz CT molecular complexity index is 604. The van der Waals surface area contributed by atoms with Crippen LogP contribution in [0.5, 0.6) is 5.75 Å². The minimum Gasteiger partial charge on any atom is -0.464 e. The Morgan fingerprint density at radius 1 is 1.29 bits per heavy atom. The Balaban J connectivity index is 2.45. The minimum atomic E-state index is -4.04. The summed E-state index contributed by atoms with van der Waals surface area (Å²) in [7, 11) is -4.04. The standard InChI is InChI=1S/C15H22O5S/c1-4-15(5-2)12-9-11(10-21(16,17)18)7-8-13(12)20-14(15)19-6-3/h7-9,14H,4-6,10H2,1-3H3,(H,16,17,18). The Morgan fingerprint density at radius 3 is 2.48 bits per heavy atom. The number of hydrogen-bond donors (Lipinski definition) is 1. The van der Waals surface area contributed by atoms with E-state index in [1.165, 1.54) is 0 Å². The predicted molar refractivity (Wildman–Crippen MR) is 80.0 cm³/mol. The summed E-state index contributed by atoms with van der Waals surface area (Å²) in [4.78, 5) is 0. The highest BCUT2D eigenvalue weighted by Crippen LogP contribution is 2.48. The largest absolute Gasteiger partial charge is 0.464 e. The van der Waals surface area contributed by atoms with E-state index in [-0.39, 0.29) is 17.5 Å². The second kappa shape index (κ2) is 5.94. The molecule has 0 saturated heterocycles. The van der Waals surface area contributed by atoms with Crippen LogP contribution >= 0.6 is 0 Å². The highest BCUT2D eigenvalue weighted by Gasteiger charge is 2.47. The van der Waals surface area contributed by atoms with E-state index in [1.807, 2.05) is 13.0 Å². The lowest BCUT2D eigenvalue weighted by Crippen LogP contribution is -2.39. The molecule has 1 unspecified atom stereocenters. The Morgan fingerprint density at radius 2 is 1.95 bits per heavy atom. The molecular formula is C15H22O5S. The van der Waals surface area contributed by atoms with Gasteiger partial charge in [0.15, 0.2) is 0 Å². The van der Waals surface area contributed by atoms with Gasteiger partial charge in [0.05, 0.1) is 5.41 Å². The third-order valence-corrected chi connectivity index (χ3v) is 4.89. The summed E-state index contributed by atoms with van der Waals surface area (Å²) in [6.45, 7) is 6.62. The molecule has 21 heavy (non-hydrogen) atoms. The molecule has 0 fully saturated rings. The van der Waals surface area contributed by atoms with E-state index in [0.29, 0.717) is 12.2 Å². The molecule has 0 bridgehead atoms. The van der Waals surface area contributed by atoms with Crippen LogP contribution in [-0.2, 0) is 26.0 Å². The quantitative estimate of drug-likeness (QED) is 0.817. The van der Waals surface area contributed by atoms with Crippen molar-refractivity contribution in [1.29, 1.82) is 0 Å². The third-order valence-electron chi connectivity index (χ3n) is 4.19. The first-order valence-corrected chi connectivity index (χ1v) is 8.84. The second-order valence-electron chi connectivity index (χ2n) is 5.33. The van der Waals surface area contributed by atoms with Gasteiger partial charge in [0.25, 0.3) is 10.1 Å². The van der Waals surface area contributed by atoms with E-state index in [1.54, 1.807) is 12.1 Å². The molecule has 1 aromatic carbocycles. The van der Waals surface area contributed by atoms with Crippen LogP contribution in [0.25, 0.3) is 0 Å².